The Morgan fingerprint density at radius 3 is 2.94 bits per heavy atom. The zero-order chi connectivity index (χ0) is 12.3. The smallest absolute Gasteiger partial charge is 0.157 e. The van der Waals surface area contributed by atoms with Crippen LogP contribution in [0.15, 0.2) is 24.5 Å². The van der Waals surface area contributed by atoms with Crippen LogP contribution < -0.4 is 10.6 Å². The van der Waals surface area contributed by atoms with E-state index in [1.165, 1.54) is 0 Å². The minimum Gasteiger partial charge on any atom is -0.355 e. The summed E-state index contributed by atoms with van der Waals surface area (Å²) >= 11 is 0. The number of fused-ring (bicyclic) bond motifs is 1. The van der Waals surface area contributed by atoms with Gasteiger partial charge in [0, 0.05) is 31.9 Å². The molecular formula is C12H19N5. The average molecular weight is 233 g/mol. The molecule has 5 heteroatoms. The molecule has 5 nitrogen and oxygen atoms in total. The standard InChI is InChI=1S/C12H19N5/c1-10(2)9-16(8-5-13)11-4-7-17-12(15-11)3-6-14-17/h3-4,6-7,10H,5,8-9,13H2,1-2H3. The number of hydrogen-bond acceptors (Lipinski definition) is 4. The molecule has 0 aliphatic heterocycles. The van der Waals surface area contributed by atoms with E-state index >= 15 is 0 Å². The first-order chi connectivity index (χ1) is 8.20. The van der Waals surface area contributed by atoms with Gasteiger partial charge in [0.05, 0.1) is 6.20 Å². The van der Waals surface area contributed by atoms with E-state index in [1.807, 2.05) is 18.3 Å². The van der Waals surface area contributed by atoms with Gasteiger partial charge in [-0.1, -0.05) is 13.8 Å². The zero-order valence-electron chi connectivity index (χ0n) is 10.4. The molecule has 0 radical (unpaired) electrons. The molecule has 0 aliphatic rings. The third-order valence-electron chi connectivity index (χ3n) is 2.55. The Bertz CT molecular complexity index is 476. The van der Waals surface area contributed by atoms with Gasteiger partial charge >= 0.3 is 0 Å². The number of anilines is 1. The third-order valence-corrected chi connectivity index (χ3v) is 2.55. The van der Waals surface area contributed by atoms with Crippen molar-refractivity contribution >= 4 is 11.5 Å². The first-order valence-electron chi connectivity index (χ1n) is 5.96. The Kier molecular flexibility index (Phi) is 3.58. The molecule has 0 saturated carbocycles. The SMILES string of the molecule is CC(C)CN(CCN)c1ccn2nccc2n1. The number of hydrogen-bond donors (Lipinski definition) is 1. The van der Waals surface area contributed by atoms with Crippen LogP contribution in [-0.4, -0.2) is 34.2 Å². The molecule has 0 spiro atoms. The van der Waals surface area contributed by atoms with Crippen LogP contribution in [0.4, 0.5) is 5.82 Å². The summed E-state index contributed by atoms with van der Waals surface area (Å²) in [6.45, 7) is 6.82. The maximum absolute atomic E-state index is 5.65. The Balaban J connectivity index is 2.26. The monoisotopic (exact) mass is 233 g/mol. The van der Waals surface area contributed by atoms with Crippen molar-refractivity contribution in [3.8, 4) is 0 Å². The molecule has 0 fully saturated rings. The zero-order valence-corrected chi connectivity index (χ0v) is 10.4. The van der Waals surface area contributed by atoms with Crippen molar-refractivity contribution in [3.63, 3.8) is 0 Å². The summed E-state index contributed by atoms with van der Waals surface area (Å²) in [4.78, 5) is 6.80. The predicted molar refractivity (Wildman–Crippen MR) is 69.1 cm³/mol. The molecule has 2 heterocycles. The number of aromatic nitrogens is 3. The first-order valence-corrected chi connectivity index (χ1v) is 5.96. The van der Waals surface area contributed by atoms with Gasteiger partial charge in [-0.2, -0.15) is 5.10 Å². The molecule has 2 aromatic rings. The topological polar surface area (TPSA) is 59.5 Å². The minimum atomic E-state index is 0.587. The van der Waals surface area contributed by atoms with Crippen LogP contribution in [0.1, 0.15) is 13.8 Å². The summed E-state index contributed by atoms with van der Waals surface area (Å²) in [5.74, 6) is 1.56. The summed E-state index contributed by atoms with van der Waals surface area (Å²) in [7, 11) is 0. The van der Waals surface area contributed by atoms with Crippen molar-refractivity contribution in [2.24, 2.45) is 11.7 Å². The lowest BCUT2D eigenvalue weighted by Gasteiger charge is -2.24. The summed E-state index contributed by atoms with van der Waals surface area (Å²) in [5, 5.41) is 4.14. The fraction of sp³-hybridized carbons (Fsp3) is 0.500. The van der Waals surface area contributed by atoms with E-state index in [0.29, 0.717) is 12.5 Å². The number of rotatable bonds is 5. The fourth-order valence-electron chi connectivity index (χ4n) is 1.87. The normalized spacial score (nSPS) is 11.3. The van der Waals surface area contributed by atoms with Gasteiger partial charge < -0.3 is 10.6 Å². The van der Waals surface area contributed by atoms with Crippen molar-refractivity contribution in [3.05, 3.63) is 24.5 Å². The Labute approximate surface area is 101 Å². The van der Waals surface area contributed by atoms with E-state index in [9.17, 15) is 0 Å². The molecule has 0 amide bonds. The van der Waals surface area contributed by atoms with Crippen LogP contribution in [0.2, 0.25) is 0 Å². The van der Waals surface area contributed by atoms with Gasteiger partial charge in [-0.05, 0) is 12.0 Å². The van der Waals surface area contributed by atoms with Gasteiger partial charge in [-0.15, -0.1) is 0 Å². The van der Waals surface area contributed by atoms with E-state index in [-0.39, 0.29) is 0 Å². The van der Waals surface area contributed by atoms with E-state index in [0.717, 1.165) is 24.6 Å². The first kappa shape index (κ1) is 11.9. The molecule has 0 aromatic carbocycles. The lowest BCUT2D eigenvalue weighted by Crippen LogP contribution is -2.33. The summed E-state index contributed by atoms with van der Waals surface area (Å²) in [5.41, 5.74) is 6.52. The van der Waals surface area contributed by atoms with Crippen LogP contribution >= 0.6 is 0 Å². The highest BCUT2D eigenvalue weighted by Crippen LogP contribution is 2.13. The Hall–Kier alpha value is -1.62. The lowest BCUT2D eigenvalue weighted by molar-refractivity contribution is 0.607. The highest BCUT2D eigenvalue weighted by atomic mass is 15.3. The van der Waals surface area contributed by atoms with Gasteiger partial charge in [0.2, 0.25) is 0 Å². The van der Waals surface area contributed by atoms with Crippen molar-refractivity contribution in [2.45, 2.75) is 13.8 Å². The molecule has 2 rings (SSSR count). The Morgan fingerprint density at radius 2 is 2.24 bits per heavy atom. The molecule has 17 heavy (non-hydrogen) atoms. The van der Waals surface area contributed by atoms with Gasteiger partial charge in [0.15, 0.2) is 5.65 Å². The summed E-state index contributed by atoms with van der Waals surface area (Å²) < 4.78 is 1.76. The molecule has 92 valence electrons. The van der Waals surface area contributed by atoms with Gasteiger partial charge in [-0.3, -0.25) is 0 Å². The van der Waals surface area contributed by atoms with E-state index in [4.69, 9.17) is 5.73 Å². The molecule has 0 saturated heterocycles. The number of nitrogens with zero attached hydrogens (tertiary/aromatic N) is 4. The molecule has 2 N–H and O–H groups in total. The second-order valence-corrected chi connectivity index (χ2v) is 4.55. The Morgan fingerprint density at radius 1 is 1.41 bits per heavy atom. The molecular weight excluding hydrogens is 214 g/mol. The highest BCUT2D eigenvalue weighted by molar-refractivity contribution is 5.47. The molecule has 0 atom stereocenters. The highest BCUT2D eigenvalue weighted by Gasteiger charge is 2.09. The van der Waals surface area contributed by atoms with Crippen LogP contribution in [0.25, 0.3) is 5.65 Å². The lowest BCUT2D eigenvalue weighted by atomic mass is 10.2. The van der Waals surface area contributed by atoms with Crippen LogP contribution in [-0.2, 0) is 0 Å². The molecule has 0 aliphatic carbocycles. The third kappa shape index (κ3) is 2.74. The van der Waals surface area contributed by atoms with Crippen molar-refractivity contribution in [2.75, 3.05) is 24.5 Å². The van der Waals surface area contributed by atoms with Crippen LogP contribution in [0, 0.1) is 5.92 Å². The van der Waals surface area contributed by atoms with Gasteiger partial charge in [0.1, 0.15) is 5.82 Å². The van der Waals surface area contributed by atoms with Gasteiger partial charge in [-0.25, -0.2) is 9.50 Å². The maximum atomic E-state index is 5.65. The van der Waals surface area contributed by atoms with Crippen LogP contribution in [0.5, 0.6) is 0 Å². The molecule has 0 unspecified atom stereocenters. The fourth-order valence-corrected chi connectivity index (χ4v) is 1.87. The maximum Gasteiger partial charge on any atom is 0.157 e. The molecule has 0 bridgehead atoms. The summed E-state index contributed by atoms with van der Waals surface area (Å²) in [6.07, 6.45) is 3.68. The second-order valence-electron chi connectivity index (χ2n) is 4.55. The van der Waals surface area contributed by atoms with E-state index in [1.54, 1.807) is 10.7 Å². The summed E-state index contributed by atoms with van der Waals surface area (Å²) in [6, 6.07) is 3.89. The number of nitrogens with two attached hydrogens (primary N) is 1. The van der Waals surface area contributed by atoms with E-state index < -0.39 is 0 Å². The average Bonchev–Trinajstić information content (AvgIpc) is 2.74. The van der Waals surface area contributed by atoms with Crippen molar-refractivity contribution in [1.82, 2.24) is 14.6 Å². The second kappa shape index (κ2) is 5.14. The van der Waals surface area contributed by atoms with Crippen molar-refractivity contribution in [1.29, 1.82) is 0 Å². The largest absolute Gasteiger partial charge is 0.355 e. The predicted octanol–water partition coefficient (Wildman–Crippen LogP) is 1.15. The van der Waals surface area contributed by atoms with Crippen molar-refractivity contribution < 1.29 is 0 Å². The minimum absolute atomic E-state index is 0.587. The quantitative estimate of drug-likeness (QED) is 0.841. The van der Waals surface area contributed by atoms with E-state index in [2.05, 4.69) is 28.8 Å². The van der Waals surface area contributed by atoms with Crippen LogP contribution in [0.3, 0.4) is 0 Å². The van der Waals surface area contributed by atoms with Gasteiger partial charge in [0.25, 0.3) is 0 Å². The molecule has 2 aromatic heterocycles.